The first-order valence-electron chi connectivity index (χ1n) is 6.71. The van der Waals surface area contributed by atoms with Gasteiger partial charge in [0.25, 0.3) is 0 Å². The molecule has 1 aliphatic heterocycles. The van der Waals surface area contributed by atoms with Gasteiger partial charge >= 0.3 is 0 Å². The molecule has 0 amide bonds. The second kappa shape index (κ2) is 6.16. The standard InChI is InChI=1S/C12H26N2O2S/c1-10(2)14(11(3)4)7-6-13-12-5-8-17(15,16)9-12/h10-13H,5-9H2,1-4H3/p+2/t12-/m1/s1. The Morgan fingerprint density at radius 3 is 2.24 bits per heavy atom. The summed E-state index contributed by atoms with van der Waals surface area (Å²) in [5, 5.41) is 2.23. The molecule has 0 unspecified atom stereocenters. The third kappa shape index (κ3) is 4.94. The van der Waals surface area contributed by atoms with Gasteiger partial charge in [-0.1, -0.05) is 0 Å². The van der Waals surface area contributed by atoms with E-state index in [0.29, 0.717) is 29.6 Å². The van der Waals surface area contributed by atoms with E-state index in [4.69, 9.17) is 0 Å². The van der Waals surface area contributed by atoms with Gasteiger partial charge in [0.2, 0.25) is 0 Å². The highest BCUT2D eigenvalue weighted by Crippen LogP contribution is 2.07. The maximum absolute atomic E-state index is 11.3. The summed E-state index contributed by atoms with van der Waals surface area (Å²) in [6.45, 7) is 11.1. The lowest BCUT2D eigenvalue weighted by Gasteiger charge is -2.27. The highest BCUT2D eigenvalue weighted by Gasteiger charge is 2.30. The van der Waals surface area contributed by atoms with Gasteiger partial charge in [-0.05, 0) is 27.7 Å². The number of hydrogen-bond donors (Lipinski definition) is 2. The van der Waals surface area contributed by atoms with Crippen molar-refractivity contribution in [2.24, 2.45) is 0 Å². The summed E-state index contributed by atoms with van der Waals surface area (Å²) in [5.41, 5.74) is 0. The zero-order valence-corrected chi connectivity index (χ0v) is 12.4. The average Bonchev–Trinajstić information content (AvgIpc) is 2.51. The van der Waals surface area contributed by atoms with Gasteiger partial charge in [0.05, 0.1) is 17.8 Å². The van der Waals surface area contributed by atoms with E-state index in [0.717, 1.165) is 19.5 Å². The van der Waals surface area contributed by atoms with E-state index in [9.17, 15) is 8.42 Å². The number of rotatable bonds is 6. The number of nitrogens with two attached hydrogens (primary N) is 1. The van der Waals surface area contributed by atoms with Crippen molar-refractivity contribution in [1.29, 1.82) is 0 Å². The molecule has 5 heteroatoms. The summed E-state index contributed by atoms with van der Waals surface area (Å²) in [4.78, 5) is 1.60. The van der Waals surface area contributed by atoms with Gasteiger partial charge < -0.3 is 10.2 Å². The fourth-order valence-corrected chi connectivity index (χ4v) is 4.52. The summed E-state index contributed by atoms with van der Waals surface area (Å²) >= 11 is 0. The molecule has 0 aromatic heterocycles. The first-order valence-corrected chi connectivity index (χ1v) is 8.53. The molecule has 1 fully saturated rings. The summed E-state index contributed by atoms with van der Waals surface area (Å²) in [6, 6.07) is 1.58. The molecule has 1 saturated heterocycles. The van der Waals surface area contributed by atoms with Gasteiger partial charge in [0, 0.05) is 6.42 Å². The minimum absolute atomic E-state index is 0.306. The predicted octanol–water partition coefficient (Wildman–Crippen LogP) is -1.56. The Bertz CT molecular complexity index is 317. The summed E-state index contributed by atoms with van der Waals surface area (Å²) in [7, 11) is -2.72. The first kappa shape index (κ1) is 14.9. The van der Waals surface area contributed by atoms with Crippen molar-refractivity contribution in [2.75, 3.05) is 24.6 Å². The fraction of sp³-hybridized carbons (Fsp3) is 1.00. The van der Waals surface area contributed by atoms with Crippen LogP contribution >= 0.6 is 0 Å². The van der Waals surface area contributed by atoms with E-state index in [1.54, 1.807) is 4.90 Å². The van der Waals surface area contributed by atoms with Crippen molar-refractivity contribution in [3.05, 3.63) is 0 Å². The van der Waals surface area contributed by atoms with Crippen LogP contribution in [0.2, 0.25) is 0 Å². The molecule has 4 nitrogen and oxygen atoms in total. The molecule has 0 aliphatic carbocycles. The summed E-state index contributed by atoms with van der Waals surface area (Å²) < 4.78 is 22.7. The largest absolute Gasteiger partial charge is 0.338 e. The molecular weight excluding hydrogens is 236 g/mol. The lowest BCUT2D eigenvalue weighted by molar-refractivity contribution is -0.952. The summed E-state index contributed by atoms with van der Waals surface area (Å²) in [6.07, 6.45) is 0.834. The lowest BCUT2D eigenvalue weighted by Crippen LogP contribution is -3.20. The number of sulfone groups is 1. The fourth-order valence-electron chi connectivity index (χ4n) is 2.74. The smallest absolute Gasteiger partial charge is 0.156 e. The Balaban J connectivity index is 2.28. The Morgan fingerprint density at radius 1 is 1.24 bits per heavy atom. The molecule has 1 heterocycles. The van der Waals surface area contributed by atoms with Gasteiger partial charge in [-0.3, -0.25) is 0 Å². The second-order valence-corrected chi connectivity index (χ2v) is 8.05. The third-order valence-corrected chi connectivity index (χ3v) is 5.48. The monoisotopic (exact) mass is 264 g/mol. The van der Waals surface area contributed by atoms with Crippen LogP contribution in [0.5, 0.6) is 0 Å². The van der Waals surface area contributed by atoms with E-state index in [-0.39, 0.29) is 0 Å². The molecule has 0 radical (unpaired) electrons. The SMILES string of the molecule is CC(C)[NH+](CC[NH2+][C@@H]1CCS(=O)(=O)C1)C(C)C. The highest BCUT2D eigenvalue weighted by molar-refractivity contribution is 7.91. The molecule has 1 atom stereocenters. The first-order chi connectivity index (χ1) is 7.82. The van der Waals surface area contributed by atoms with Gasteiger partial charge in [0.1, 0.15) is 24.9 Å². The quantitative estimate of drug-likeness (QED) is 0.610. The van der Waals surface area contributed by atoms with E-state index in [1.165, 1.54) is 0 Å². The van der Waals surface area contributed by atoms with E-state index < -0.39 is 9.84 Å². The number of nitrogens with one attached hydrogen (secondary N) is 1. The van der Waals surface area contributed by atoms with Gasteiger partial charge in [-0.25, -0.2) is 8.42 Å². The number of hydrogen-bond acceptors (Lipinski definition) is 2. The molecule has 0 bridgehead atoms. The van der Waals surface area contributed by atoms with Crippen molar-refractivity contribution in [3.8, 4) is 0 Å². The Labute approximate surface area is 106 Å². The molecule has 102 valence electrons. The molecule has 0 saturated carbocycles. The van der Waals surface area contributed by atoms with Gasteiger partial charge in [0.15, 0.2) is 9.84 Å². The van der Waals surface area contributed by atoms with Crippen LogP contribution in [-0.2, 0) is 9.84 Å². The molecule has 3 N–H and O–H groups in total. The van der Waals surface area contributed by atoms with E-state index in [2.05, 4.69) is 33.0 Å². The molecule has 0 aromatic rings. The van der Waals surface area contributed by atoms with Crippen LogP contribution in [0.4, 0.5) is 0 Å². The second-order valence-electron chi connectivity index (χ2n) is 5.82. The summed E-state index contributed by atoms with van der Waals surface area (Å²) in [5.74, 6) is 0.769. The maximum atomic E-state index is 11.3. The van der Waals surface area contributed by atoms with Crippen molar-refractivity contribution in [3.63, 3.8) is 0 Å². The Kier molecular flexibility index (Phi) is 5.41. The third-order valence-electron chi connectivity index (χ3n) is 3.68. The van der Waals surface area contributed by atoms with Crippen LogP contribution in [0.25, 0.3) is 0 Å². The molecular formula is C12H28N2O2S+2. The highest BCUT2D eigenvalue weighted by atomic mass is 32.2. The van der Waals surface area contributed by atoms with Crippen LogP contribution < -0.4 is 10.2 Å². The predicted molar refractivity (Wildman–Crippen MR) is 70.0 cm³/mol. The van der Waals surface area contributed by atoms with Crippen molar-refractivity contribution in [2.45, 2.75) is 52.2 Å². The van der Waals surface area contributed by atoms with Gasteiger partial charge in [-0.2, -0.15) is 0 Å². The average molecular weight is 264 g/mol. The zero-order valence-electron chi connectivity index (χ0n) is 11.6. The normalized spacial score (nSPS) is 24.1. The zero-order chi connectivity index (χ0) is 13.1. The lowest BCUT2D eigenvalue weighted by atomic mass is 10.2. The van der Waals surface area contributed by atoms with Crippen LogP contribution in [0.1, 0.15) is 34.1 Å². The van der Waals surface area contributed by atoms with Gasteiger partial charge in [-0.15, -0.1) is 0 Å². The Hall–Kier alpha value is -0.130. The minimum atomic E-state index is -2.72. The van der Waals surface area contributed by atoms with Crippen molar-refractivity contribution < 1.29 is 18.6 Å². The maximum Gasteiger partial charge on any atom is 0.156 e. The van der Waals surface area contributed by atoms with Crippen LogP contribution in [0, 0.1) is 0 Å². The molecule has 17 heavy (non-hydrogen) atoms. The number of quaternary nitrogens is 2. The van der Waals surface area contributed by atoms with Crippen LogP contribution in [0.3, 0.4) is 0 Å². The molecule has 0 spiro atoms. The molecule has 1 aliphatic rings. The van der Waals surface area contributed by atoms with Crippen molar-refractivity contribution in [1.82, 2.24) is 0 Å². The molecule has 1 rings (SSSR count). The van der Waals surface area contributed by atoms with Crippen LogP contribution in [-0.4, -0.2) is 51.1 Å². The van der Waals surface area contributed by atoms with Crippen molar-refractivity contribution >= 4 is 9.84 Å². The Morgan fingerprint density at radius 2 is 1.82 bits per heavy atom. The van der Waals surface area contributed by atoms with E-state index in [1.807, 2.05) is 0 Å². The van der Waals surface area contributed by atoms with E-state index >= 15 is 0 Å². The molecule has 0 aromatic carbocycles. The topological polar surface area (TPSA) is 55.2 Å². The van der Waals surface area contributed by atoms with Crippen LogP contribution in [0.15, 0.2) is 0 Å². The minimum Gasteiger partial charge on any atom is -0.338 e.